The first-order valence-corrected chi connectivity index (χ1v) is 11.7. The van der Waals surface area contributed by atoms with E-state index in [0.717, 1.165) is 41.4 Å². The van der Waals surface area contributed by atoms with E-state index in [-0.39, 0.29) is 23.8 Å². The number of halogens is 1. The summed E-state index contributed by atoms with van der Waals surface area (Å²) in [5.41, 5.74) is 1.12. The summed E-state index contributed by atoms with van der Waals surface area (Å²) < 4.78 is 0.872. The van der Waals surface area contributed by atoms with Gasteiger partial charge in [-0.2, -0.15) is 0 Å². The van der Waals surface area contributed by atoms with Crippen LogP contribution in [0, 0.1) is 5.92 Å². The number of likely N-dealkylation sites (tertiary alicyclic amines) is 1. The number of fused-ring (bicyclic) bond motifs is 1. The molecule has 1 aliphatic heterocycles. The predicted octanol–water partition coefficient (Wildman–Crippen LogP) is 4.53. The average molecular weight is 495 g/mol. The van der Waals surface area contributed by atoms with Crippen LogP contribution in [0.25, 0.3) is 10.8 Å². The van der Waals surface area contributed by atoms with E-state index in [1.54, 1.807) is 12.3 Å². The predicted molar refractivity (Wildman–Crippen MR) is 130 cm³/mol. The second-order valence-corrected chi connectivity index (χ2v) is 9.17. The van der Waals surface area contributed by atoms with E-state index >= 15 is 0 Å². The molecular weight excluding hydrogens is 468 g/mol. The Kier molecular flexibility index (Phi) is 7.17. The van der Waals surface area contributed by atoms with Gasteiger partial charge in [0.15, 0.2) is 0 Å². The van der Waals surface area contributed by atoms with E-state index in [9.17, 15) is 9.59 Å². The number of rotatable bonds is 6. The van der Waals surface area contributed by atoms with Crippen molar-refractivity contribution < 1.29 is 9.59 Å². The lowest BCUT2D eigenvalue weighted by Gasteiger charge is -2.31. The van der Waals surface area contributed by atoms with E-state index in [1.807, 2.05) is 31.2 Å². The molecule has 3 aromatic rings. The fourth-order valence-electron chi connectivity index (χ4n) is 4.23. The first-order valence-electron chi connectivity index (χ1n) is 10.9. The van der Waals surface area contributed by atoms with Crippen LogP contribution in [0.15, 0.2) is 65.3 Å². The van der Waals surface area contributed by atoms with Crippen molar-refractivity contribution in [2.45, 2.75) is 25.8 Å². The summed E-state index contributed by atoms with van der Waals surface area (Å²) >= 11 is 3.34. The van der Waals surface area contributed by atoms with E-state index < -0.39 is 0 Å². The molecule has 1 aliphatic rings. The zero-order valence-corrected chi connectivity index (χ0v) is 19.6. The number of carbonyl (C=O) groups excluding carboxylic acids is 2. The Hall–Kier alpha value is -2.77. The fraction of sp³-hybridized carbons (Fsp3) is 0.320. The maximum atomic E-state index is 12.7. The van der Waals surface area contributed by atoms with Gasteiger partial charge >= 0.3 is 0 Å². The molecule has 1 saturated heterocycles. The lowest BCUT2D eigenvalue weighted by molar-refractivity contribution is -0.124. The van der Waals surface area contributed by atoms with Gasteiger partial charge in [-0.1, -0.05) is 42.5 Å². The van der Waals surface area contributed by atoms with Gasteiger partial charge < -0.3 is 10.6 Å². The number of carbonyl (C=O) groups is 2. The molecule has 0 saturated carbocycles. The molecule has 166 valence electrons. The molecule has 0 radical (unpaired) electrons. The van der Waals surface area contributed by atoms with Gasteiger partial charge in [0.1, 0.15) is 5.82 Å². The van der Waals surface area contributed by atoms with Crippen molar-refractivity contribution in [1.82, 2.24) is 15.2 Å². The Morgan fingerprint density at radius 3 is 2.59 bits per heavy atom. The number of amides is 2. The average Bonchev–Trinajstić information content (AvgIpc) is 2.80. The number of nitrogens with zero attached hydrogens (tertiary/aromatic N) is 2. The summed E-state index contributed by atoms with van der Waals surface area (Å²) in [6.07, 6.45) is 3.12. The monoisotopic (exact) mass is 494 g/mol. The molecule has 2 aromatic carbocycles. The second-order valence-electron chi connectivity index (χ2n) is 8.26. The molecule has 6 nitrogen and oxygen atoms in total. The van der Waals surface area contributed by atoms with Crippen LogP contribution in [0.1, 0.15) is 31.4 Å². The molecule has 7 heteroatoms. The highest BCUT2D eigenvalue weighted by molar-refractivity contribution is 9.10. The third-order valence-electron chi connectivity index (χ3n) is 5.97. The van der Waals surface area contributed by atoms with Gasteiger partial charge in [-0.15, -0.1) is 0 Å². The summed E-state index contributed by atoms with van der Waals surface area (Å²) in [5, 5.41) is 8.35. The van der Waals surface area contributed by atoms with Crippen LogP contribution in [0.4, 0.5) is 5.82 Å². The van der Waals surface area contributed by atoms with Crippen LogP contribution in [0.3, 0.4) is 0 Å². The quantitative estimate of drug-likeness (QED) is 0.527. The van der Waals surface area contributed by atoms with Gasteiger partial charge in [-0.3, -0.25) is 14.5 Å². The largest absolute Gasteiger partial charge is 0.348 e. The molecule has 0 bridgehead atoms. The van der Waals surface area contributed by atoms with Crippen LogP contribution >= 0.6 is 15.9 Å². The molecule has 0 aliphatic carbocycles. The summed E-state index contributed by atoms with van der Waals surface area (Å²) in [6, 6.07) is 17.9. The van der Waals surface area contributed by atoms with Gasteiger partial charge in [0.25, 0.3) is 0 Å². The molecule has 0 spiro atoms. The molecule has 2 heterocycles. The number of benzene rings is 2. The lowest BCUT2D eigenvalue weighted by atomic mass is 9.96. The van der Waals surface area contributed by atoms with Crippen LogP contribution in [-0.2, 0) is 9.59 Å². The van der Waals surface area contributed by atoms with Crippen molar-refractivity contribution in [3.05, 3.63) is 70.8 Å². The Balaban J connectivity index is 1.26. The summed E-state index contributed by atoms with van der Waals surface area (Å²) in [5.74, 6) is 0.498. The number of hydrogen-bond donors (Lipinski definition) is 2. The highest BCUT2D eigenvalue weighted by Gasteiger charge is 2.26. The summed E-state index contributed by atoms with van der Waals surface area (Å²) in [7, 11) is 0. The molecule has 2 amide bonds. The molecule has 1 aromatic heterocycles. The third-order valence-corrected chi connectivity index (χ3v) is 6.44. The third kappa shape index (κ3) is 5.53. The van der Waals surface area contributed by atoms with E-state index in [1.165, 1.54) is 5.39 Å². The molecule has 1 unspecified atom stereocenters. The number of piperidine rings is 1. The molecule has 2 N–H and O–H groups in total. The molecule has 32 heavy (non-hydrogen) atoms. The number of anilines is 1. The number of hydrogen-bond acceptors (Lipinski definition) is 4. The smallest absolute Gasteiger partial charge is 0.234 e. The van der Waals surface area contributed by atoms with E-state index in [4.69, 9.17) is 0 Å². The van der Waals surface area contributed by atoms with Gasteiger partial charge in [-0.25, -0.2) is 4.98 Å². The van der Waals surface area contributed by atoms with Crippen molar-refractivity contribution in [2.24, 2.45) is 5.92 Å². The Labute approximate surface area is 196 Å². The highest BCUT2D eigenvalue weighted by atomic mass is 79.9. The zero-order valence-electron chi connectivity index (χ0n) is 18.1. The first kappa shape index (κ1) is 22.4. The molecule has 1 atom stereocenters. The van der Waals surface area contributed by atoms with Crippen molar-refractivity contribution in [3.63, 3.8) is 0 Å². The van der Waals surface area contributed by atoms with E-state index in [0.29, 0.717) is 12.4 Å². The topological polar surface area (TPSA) is 74.3 Å². The minimum absolute atomic E-state index is 0.00602. The second kappa shape index (κ2) is 10.2. The van der Waals surface area contributed by atoms with Crippen molar-refractivity contribution in [2.75, 3.05) is 25.0 Å². The molecule has 4 rings (SSSR count). The molecule has 1 fully saturated rings. The molecular formula is C25H27BrN4O2. The highest BCUT2D eigenvalue weighted by Crippen LogP contribution is 2.24. The number of nitrogens with one attached hydrogen (secondary N) is 2. The summed E-state index contributed by atoms with van der Waals surface area (Å²) in [4.78, 5) is 31.5. The summed E-state index contributed by atoms with van der Waals surface area (Å²) in [6.45, 7) is 3.81. The van der Waals surface area contributed by atoms with Crippen molar-refractivity contribution >= 4 is 44.3 Å². The van der Waals surface area contributed by atoms with Crippen LogP contribution in [0.2, 0.25) is 0 Å². The minimum atomic E-state index is -0.0738. The van der Waals surface area contributed by atoms with Gasteiger partial charge in [0.05, 0.1) is 12.6 Å². The zero-order chi connectivity index (χ0) is 22.5. The number of pyridine rings is 1. The minimum Gasteiger partial charge on any atom is -0.348 e. The fourth-order valence-corrected chi connectivity index (χ4v) is 4.46. The lowest BCUT2D eigenvalue weighted by Crippen LogP contribution is -2.43. The van der Waals surface area contributed by atoms with Gasteiger partial charge in [0, 0.05) is 16.6 Å². The normalized spacial score (nSPS) is 15.9. The van der Waals surface area contributed by atoms with Gasteiger partial charge in [0.2, 0.25) is 11.8 Å². The Morgan fingerprint density at radius 1 is 1.09 bits per heavy atom. The van der Waals surface area contributed by atoms with E-state index in [2.05, 4.69) is 60.7 Å². The van der Waals surface area contributed by atoms with Crippen LogP contribution < -0.4 is 10.6 Å². The Morgan fingerprint density at radius 2 is 1.84 bits per heavy atom. The van der Waals surface area contributed by atoms with Crippen molar-refractivity contribution in [3.8, 4) is 0 Å². The Bertz CT molecular complexity index is 1090. The van der Waals surface area contributed by atoms with Gasteiger partial charge in [-0.05, 0) is 77.3 Å². The maximum Gasteiger partial charge on any atom is 0.234 e. The first-order chi connectivity index (χ1) is 15.5. The standard InChI is InChI=1S/C25H27BrN4O2/c1-17(21-8-4-6-18-5-2-3-7-22(18)21)28-24(31)16-30-13-11-19(12-14-30)25(32)29-23-10-9-20(26)15-27-23/h2-10,15,17,19H,11-14,16H2,1H3,(H,28,31)(H,27,29,32). The number of aromatic nitrogens is 1. The maximum absolute atomic E-state index is 12.7. The van der Waals surface area contributed by atoms with Crippen LogP contribution in [0.5, 0.6) is 0 Å². The SMILES string of the molecule is CC(NC(=O)CN1CCC(C(=O)Nc2ccc(Br)cn2)CC1)c1cccc2ccccc12. The van der Waals surface area contributed by atoms with Crippen molar-refractivity contribution in [1.29, 1.82) is 0 Å². The van der Waals surface area contributed by atoms with Crippen LogP contribution in [-0.4, -0.2) is 41.3 Å².